The van der Waals surface area contributed by atoms with E-state index in [0.29, 0.717) is 4.47 Å². The molecule has 82 valence electrons. The minimum absolute atomic E-state index is 0.0961. The van der Waals surface area contributed by atoms with Gasteiger partial charge in [0.1, 0.15) is 0 Å². The summed E-state index contributed by atoms with van der Waals surface area (Å²) >= 11 is 3.11. The predicted octanol–water partition coefficient (Wildman–Crippen LogP) is 3.56. The van der Waals surface area contributed by atoms with Gasteiger partial charge in [-0.3, -0.25) is 0 Å². The first-order chi connectivity index (χ1) is 7.06. The summed E-state index contributed by atoms with van der Waals surface area (Å²) in [5, 5.41) is 0. The van der Waals surface area contributed by atoms with Crippen LogP contribution in [0.15, 0.2) is 22.7 Å². The van der Waals surface area contributed by atoms with Gasteiger partial charge in [0, 0.05) is 10.0 Å². The van der Waals surface area contributed by atoms with E-state index in [1.54, 1.807) is 6.92 Å². The molecule has 0 radical (unpaired) electrons. The monoisotopic (exact) mass is 278 g/mol. The largest absolute Gasteiger partial charge is 0.462 e. The van der Waals surface area contributed by atoms with Crippen molar-refractivity contribution in [3.63, 3.8) is 0 Å². The van der Waals surface area contributed by atoms with Crippen LogP contribution in [0.2, 0.25) is 0 Å². The molecule has 5 heteroatoms. The van der Waals surface area contributed by atoms with Crippen molar-refractivity contribution in [3.05, 3.63) is 33.8 Å². The number of halogens is 3. The molecule has 0 saturated carbocycles. The van der Waals surface area contributed by atoms with Crippen molar-refractivity contribution in [1.82, 2.24) is 0 Å². The number of ether oxygens (including phenoxy) is 1. The van der Waals surface area contributed by atoms with Crippen LogP contribution in [0.4, 0.5) is 8.78 Å². The molecule has 0 fully saturated rings. The van der Waals surface area contributed by atoms with E-state index >= 15 is 0 Å². The number of rotatable bonds is 3. The van der Waals surface area contributed by atoms with Gasteiger partial charge >= 0.3 is 5.97 Å². The Balaban J connectivity index is 3.12. The molecule has 0 heterocycles. The fourth-order valence-electron chi connectivity index (χ4n) is 1.10. The third-order valence-electron chi connectivity index (χ3n) is 1.75. The van der Waals surface area contributed by atoms with Crippen molar-refractivity contribution in [2.24, 2.45) is 0 Å². The number of benzene rings is 1. The Labute approximate surface area is 94.4 Å². The molecule has 0 N–H and O–H groups in total. The van der Waals surface area contributed by atoms with Gasteiger partial charge < -0.3 is 4.74 Å². The Bertz CT molecular complexity index is 366. The lowest BCUT2D eigenvalue weighted by Gasteiger charge is -2.08. The highest BCUT2D eigenvalue weighted by Crippen LogP contribution is 2.26. The van der Waals surface area contributed by atoms with E-state index in [0.717, 1.165) is 0 Å². The zero-order chi connectivity index (χ0) is 11.4. The highest BCUT2D eigenvalue weighted by atomic mass is 79.9. The first-order valence-electron chi connectivity index (χ1n) is 4.31. The van der Waals surface area contributed by atoms with Gasteiger partial charge in [0.2, 0.25) is 0 Å². The lowest BCUT2D eigenvalue weighted by atomic mass is 10.1. The van der Waals surface area contributed by atoms with Crippen LogP contribution in [0.1, 0.15) is 29.3 Å². The molecule has 0 amide bonds. The highest BCUT2D eigenvalue weighted by molar-refractivity contribution is 9.10. The van der Waals surface area contributed by atoms with Crippen LogP contribution in [-0.4, -0.2) is 12.6 Å². The van der Waals surface area contributed by atoms with E-state index in [4.69, 9.17) is 0 Å². The van der Waals surface area contributed by atoms with Crippen LogP contribution in [0, 0.1) is 0 Å². The Morgan fingerprint density at radius 1 is 1.53 bits per heavy atom. The minimum Gasteiger partial charge on any atom is -0.462 e. The van der Waals surface area contributed by atoms with Gasteiger partial charge in [0.25, 0.3) is 6.43 Å². The van der Waals surface area contributed by atoms with Crippen LogP contribution in [-0.2, 0) is 4.74 Å². The number of carbonyl (C=O) groups is 1. The smallest absolute Gasteiger partial charge is 0.338 e. The lowest BCUT2D eigenvalue weighted by molar-refractivity contribution is 0.0515. The van der Waals surface area contributed by atoms with Gasteiger partial charge in [0.15, 0.2) is 0 Å². The molecule has 0 atom stereocenters. The van der Waals surface area contributed by atoms with E-state index in [9.17, 15) is 13.6 Å². The van der Waals surface area contributed by atoms with Gasteiger partial charge in [-0.2, -0.15) is 0 Å². The number of alkyl halides is 2. The average molecular weight is 279 g/mol. The van der Waals surface area contributed by atoms with Crippen molar-refractivity contribution in [2.75, 3.05) is 6.61 Å². The minimum atomic E-state index is -2.68. The molecule has 0 aliphatic heterocycles. The molecule has 15 heavy (non-hydrogen) atoms. The third-order valence-corrected chi connectivity index (χ3v) is 2.24. The van der Waals surface area contributed by atoms with Gasteiger partial charge in [-0.1, -0.05) is 22.0 Å². The summed E-state index contributed by atoms with van der Waals surface area (Å²) in [5.41, 5.74) is -0.405. The normalized spacial score (nSPS) is 10.5. The maximum atomic E-state index is 12.5. The molecule has 0 spiro atoms. The average Bonchev–Trinajstić information content (AvgIpc) is 2.17. The van der Waals surface area contributed by atoms with Crippen LogP contribution >= 0.6 is 15.9 Å². The summed E-state index contributed by atoms with van der Waals surface area (Å²) in [6, 6.07) is 4.00. The molecule has 0 aliphatic carbocycles. The molecule has 0 aliphatic rings. The molecular weight excluding hydrogens is 270 g/mol. The summed E-state index contributed by atoms with van der Waals surface area (Å²) in [4.78, 5) is 11.3. The van der Waals surface area contributed by atoms with Gasteiger partial charge in [-0.25, -0.2) is 13.6 Å². The Morgan fingerprint density at radius 3 is 2.73 bits per heavy atom. The zero-order valence-electron chi connectivity index (χ0n) is 7.97. The van der Waals surface area contributed by atoms with E-state index in [1.807, 2.05) is 0 Å². The van der Waals surface area contributed by atoms with E-state index < -0.39 is 12.4 Å². The molecule has 0 saturated heterocycles. The molecule has 1 aromatic carbocycles. The molecule has 2 nitrogen and oxygen atoms in total. The number of hydrogen-bond donors (Lipinski definition) is 0. The molecular formula is C10H9BrF2O2. The summed E-state index contributed by atoms with van der Waals surface area (Å²) in [6.07, 6.45) is -2.68. The fourth-order valence-corrected chi connectivity index (χ4v) is 1.47. The third kappa shape index (κ3) is 2.99. The SMILES string of the molecule is CCOC(=O)c1cc(Br)ccc1C(F)F. The number of esters is 1. The predicted molar refractivity (Wildman–Crippen MR) is 55.1 cm³/mol. The number of hydrogen-bond acceptors (Lipinski definition) is 2. The lowest BCUT2D eigenvalue weighted by Crippen LogP contribution is -2.08. The summed E-state index contributed by atoms with van der Waals surface area (Å²) in [5.74, 6) is -0.728. The van der Waals surface area contributed by atoms with Crippen molar-refractivity contribution < 1.29 is 18.3 Å². The van der Waals surface area contributed by atoms with Crippen LogP contribution in [0.5, 0.6) is 0 Å². The molecule has 1 aromatic rings. The van der Waals surface area contributed by atoms with Crippen LogP contribution in [0.3, 0.4) is 0 Å². The highest BCUT2D eigenvalue weighted by Gasteiger charge is 2.19. The maximum absolute atomic E-state index is 12.5. The number of carbonyl (C=O) groups excluding carboxylic acids is 1. The van der Waals surface area contributed by atoms with Crippen LogP contribution in [0.25, 0.3) is 0 Å². The second kappa shape index (κ2) is 5.21. The van der Waals surface area contributed by atoms with E-state index in [-0.39, 0.29) is 17.7 Å². The standard InChI is InChI=1S/C10H9BrF2O2/c1-2-15-10(14)8-5-6(11)3-4-7(8)9(12)13/h3-5,9H,2H2,1H3. The fraction of sp³-hybridized carbons (Fsp3) is 0.300. The topological polar surface area (TPSA) is 26.3 Å². The second-order valence-corrected chi connectivity index (χ2v) is 3.67. The van der Waals surface area contributed by atoms with Crippen molar-refractivity contribution in [3.8, 4) is 0 Å². The molecule has 0 unspecified atom stereocenters. The van der Waals surface area contributed by atoms with Crippen molar-refractivity contribution in [1.29, 1.82) is 0 Å². The Kier molecular flexibility index (Phi) is 4.20. The quantitative estimate of drug-likeness (QED) is 0.791. The first kappa shape index (κ1) is 12.1. The Hall–Kier alpha value is -0.970. The second-order valence-electron chi connectivity index (χ2n) is 2.75. The van der Waals surface area contributed by atoms with E-state index in [1.165, 1.54) is 18.2 Å². The Morgan fingerprint density at radius 2 is 2.20 bits per heavy atom. The maximum Gasteiger partial charge on any atom is 0.338 e. The first-order valence-corrected chi connectivity index (χ1v) is 5.10. The molecule has 0 aromatic heterocycles. The zero-order valence-corrected chi connectivity index (χ0v) is 9.55. The van der Waals surface area contributed by atoms with Gasteiger partial charge in [0.05, 0.1) is 12.2 Å². The van der Waals surface area contributed by atoms with Crippen LogP contribution < -0.4 is 0 Å². The summed E-state index contributed by atoms with van der Waals surface area (Å²) in [7, 11) is 0. The van der Waals surface area contributed by atoms with Gasteiger partial charge in [-0.15, -0.1) is 0 Å². The van der Waals surface area contributed by atoms with E-state index in [2.05, 4.69) is 20.7 Å². The van der Waals surface area contributed by atoms with Crippen molar-refractivity contribution >= 4 is 21.9 Å². The molecule has 1 rings (SSSR count). The summed E-state index contributed by atoms with van der Waals surface area (Å²) in [6.45, 7) is 1.78. The van der Waals surface area contributed by atoms with Gasteiger partial charge in [-0.05, 0) is 19.1 Å². The van der Waals surface area contributed by atoms with Crippen molar-refractivity contribution in [2.45, 2.75) is 13.3 Å². The summed E-state index contributed by atoms with van der Waals surface area (Å²) < 4.78 is 30.3. The molecule has 0 bridgehead atoms.